The Hall–Kier alpha value is -2.34. The predicted octanol–water partition coefficient (Wildman–Crippen LogP) is 4.03. The number of carbonyl (C=O) groups is 1. The summed E-state index contributed by atoms with van der Waals surface area (Å²) in [5, 5.41) is 7.64. The molecule has 6 heteroatoms. The maximum Gasteiger partial charge on any atom is 0.413 e. The number of fused-ring (bicyclic) bond motifs is 1. The van der Waals surface area contributed by atoms with E-state index in [1.165, 1.54) is 0 Å². The summed E-state index contributed by atoms with van der Waals surface area (Å²) in [5.41, 5.74) is 1.74. The lowest BCUT2D eigenvalue weighted by atomic mass is 10.0. The Bertz CT molecular complexity index is 784. The van der Waals surface area contributed by atoms with Crippen LogP contribution in [0.15, 0.2) is 36.4 Å². The molecule has 1 amide bonds. The summed E-state index contributed by atoms with van der Waals surface area (Å²) < 4.78 is 12.7. The molecule has 138 valence electrons. The van der Waals surface area contributed by atoms with E-state index in [2.05, 4.69) is 26.1 Å². The number of aromatic nitrogens is 2. The first-order valence-corrected chi connectivity index (χ1v) is 9.14. The summed E-state index contributed by atoms with van der Waals surface area (Å²) in [6, 6.07) is 11.6. The maximum atomic E-state index is 12.3. The molecule has 1 aromatic heterocycles. The fourth-order valence-electron chi connectivity index (χ4n) is 3.56. The molecule has 1 aromatic carbocycles. The Morgan fingerprint density at radius 3 is 2.62 bits per heavy atom. The van der Waals surface area contributed by atoms with Crippen LogP contribution in [0.1, 0.15) is 50.8 Å². The number of anilines is 1. The molecular formula is C20H25N3O3. The lowest BCUT2D eigenvalue weighted by Gasteiger charge is -2.22. The van der Waals surface area contributed by atoms with Crippen molar-refractivity contribution < 1.29 is 14.3 Å². The Labute approximate surface area is 153 Å². The number of carbonyl (C=O) groups excluding carboxylic acids is 1. The minimum Gasteiger partial charge on any atom is -0.444 e. The van der Waals surface area contributed by atoms with Gasteiger partial charge in [0.05, 0.1) is 23.4 Å². The van der Waals surface area contributed by atoms with Crippen LogP contribution in [0.25, 0.3) is 0 Å². The normalized spacial score (nSPS) is 24.2. The minimum absolute atomic E-state index is 0.238. The van der Waals surface area contributed by atoms with Crippen molar-refractivity contribution in [3.8, 4) is 0 Å². The fourth-order valence-corrected chi connectivity index (χ4v) is 3.56. The summed E-state index contributed by atoms with van der Waals surface area (Å²) in [6.07, 6.45) is 2.38. The zero-order valence-electron chi connectivity index (χ0n) is 15.4. The zero-order valence-corrected chi connectivity index (χ0v) is 15.4. The molecule has 2 heterocycles. The number of epoxide rings is 1. The van der Waals surface area contributed by atoms with Crippen molar-refractivity contribution in [1.82, 2.24) is 9.78 Å². The number of hydrogen-bond donors (Lipinski definition) is 1. The number of ether oxygens (including phenoxy) is 2. The third-order valence-corrected chi connectivity index (χ3v) is 4.95. The average molecular weight is 355 g/mol. The Morgan fingerprint density at radius 1 is 1.27 bits per heavy atom. The van der Waals surface area contributed by atoms with Crippen LogP contribution in [0.4, 0.5) is 10.6 Å². The topological polar surface area (TPSA) is 68.7 Å². The molecule has 1 saturated carbocycles. The van der Waals surface area contributed by atoms with Crippen LogP contribution in [0.5, 0.6) is 0 Å². The van der Waals surface area contributed by atoms with Gasteiger partial charge in [-0.15, -0.1) is 0 Å². The van der Waals surface area contributed by atoms with E-state index in [4.69, 9.17) is 14.6 Å². The van der Waals surface area contributed by atoms with Gasteiger partial charge < -0.3 is 9.47 Å². The largest absolute Gasteiger partial charge is 0.444 e. The van der Waals surface area contributed by atoms with Crippen LogP contribution in [-0.2, 0) is 21.6 Å². The van der Waals surface area contributed by atoms with Gasteiger partial charge >= 0.3 is 6.09 Å². The van der Waals surface area contributed by atoms with Crippen molar-refractivity contribution in [3.63, 3.8) is 0 Å². The smallest absolute Gasteiger partial charge is 0.413 e. The Balaban J connectivity index is 1.45. The molecule has 1 N–H and O–H groups in total. The van der Waals surface area contributed by atoms with Gasteiger partial charge in [-0.25, -0.2) is 9.48 Å². The highest BCUT2D eigenvalue weighted by Gasteiger charge is 2.49. The first-order chi connectivity index (χ1) is 12.4. The molecule has 0 bridgehead atoms. The van der Waals surface area contributed by atoms with Gasteiger partial charge in [0.2, 0.25) is 0 Å². The van der Waals surface area contributed by atoms with Crippen molar-refractivity contribution in [2.24, 2.45) is 0 Å². The summed E-state index contributed by atoms with van der Waals surface area (Å²) in [6.45, 7) is 6.45. The first kappa shape index (κ1) is 17.1. The molecule has 6 nitrogen and oxygen atoms in total. The van der Waals surface area contributed by atoms with E-state index in [0.29, 0.717) is 23.9 Å². The molecule has 2 aliphatic rings. The predicted molar refractivity (Wildman–Crippen MR) is 98.1 cm³/mol. The average Bonchev–Trinajstić information content (AvgIpc) is 3.02. The summed E-state index contributed by atoms with van der Waals surface area (Å²) >= 11 is 0. The molecule has 2 fully saturated rings. The fraction of sp³-hybridized carbons (Fsp3) is 0.500. The quantitative estimate of drug-likeness (QED) is 0.841. The summed E-state index contributed by atoms with van der Waals surface area (Å²) in [4.78, 5) is 12.3. The molecule has 1 saturated heterocycles. The van der Waals surface area contributed by atoms with E-state index >= 15 is 0 Å². The van der Waals surface area contributed by atoms with Gasteiger partial charge in [-0.3, -0.25) is 5.32 Å². The number of nitrogens with one attached hydrogen (secondary N) is 1. The van der Waals surface area contributed by atoms with Gasteiger partial charge in [-0.05, 0) is 39.2 Å². The standard InChI is InChI=1S/C20H25N3O3/c1-20(2,3)23-18(11-15(22-23)14-9-16-17(10-14)26-16)21-19(24)25-12-13-7-5-4-6-8-13/h4-8,11,14,16-17H,9-10,12H2,1-3H3,(H,21,24). The van der Waals surface area contributed by atoms with Crippen LogP contribution in [0, 0.1) is 0 Å². The minimum atomic E-state index is -0.469. The van der Waals surface area contributed by atoms with Crippen LogP contribution >= 0.6 is 0 Å². The van der Waals surface area contributed by atoms with Gasteiger partial charge in [0.25, 0.3) is 0 Å². The molecule has 1 aliphatic heterocycles. The van der Waals surface area contributed by atoms with E-state index in [0.717, 1.165) is 24.1 Å². The van der Waals surface area contributed by atoms with Crippen molar-refractivity contribution in [3.05, 3.63) is 47.7 Å². The SMILES string of the molecule is CC(C)(C)n1nc(C2CC3OC3C2)cc1NC(=O)OCc1ccccc1. The first-order valence-electron chi connectivity index (χ1n) is 9.14. The lowest BCUT2D eigenvalue weighted by molar-refractivity contribution is 0.154. The second-order valence-electron chi connectivity index (χ2n) is 8.11. The Morgan fingerprint density at radius 2 is 1.96 bits per heavy atom. The summed E-state index contributed by atoms with van der Waals surface area (Å²) in [5.74, 6) is 1.08. The number of rotatable bonds is 4. The number of nitrogens with zero attached hydrogens (tertiary/aromatic N) is 2. The highest BCUT2D eigenvalue weighted by Crippen LogP contribution is 2.47. The van der Waals surface area contributed by atoms with E-state index in [1.807, 2.05) is 41.1 Å². The number of benzene rings is 1. The van der Waals surface area contributed by atoms with Crippen LogP contribution in [0.2, 0.25) is 0 Å². The Kier molecular flexibility index (Phi) is 4.23. The van der Waals surface area contributed by atoms with Crippen molar-refractivity contribution >= 4 is 11.9 Å². The van der Waals surface area contributed by atoms with Crippen molar-refractivity contribution in [2.75, 3.05) is 5.32 Å². The monoisotopic (exact) mass is 355 g/mol. The maximum absolute atomic E-state index is 12.3. The molecule has 1 aliphatic carbocycles. The van der Waals surface area contributed by atoms with Crippen LogP contribution in [0.3, 0.4) is 0 Å². The van der Waals surface area contributed by atoms with Crippen molar-refractivity contribution in [2.45, 2.75) is 63.9 Å². The molecule has 4 rings (SSSR count). The van der Waals surface area contributed by atoms with E-state index in [9.17, 15) is 4.79 Å². The third kappa shape index (κ3) is 3.60. The van der Waals surface area contributed by atoms with E-state index < -0.39 is 6.09 Å². The third-order valence-electron chi connectivity index (χ3n) is 4.95. The highest BCUT2D eigenvalue weighted by molar-refractivity contribution is 5.83. The molecular weight excluding hydrogens is 330 g/mol. The molecule has 26 heavy (non-hydrogen) atoms. The van der Waals surface area contributed by atoms with E-state index in [1.54, 1.807) is 0 Å². The highest BCUT2D eigenvalue weighted by atomic mass is 16.6. The van der Waals surface area contributed by atoms with Gasteiger partial charge in [-0.1, -0.05) is 30.3 Å². The molecule has 0 spiro atoms. The summed E-state index contributed by atoms with van der Waals surface area (Å²) in [7, 11) is 0. The second kappa shape index (κ2) is 6.43. The zero-order chi connectivity index (χ0) is 18.3. The van der Waals surface area contributed by atoms with Gasteiger partial charge in [-0.2, -0.15) is 5.10 Å². The molecule has 0 radical (unpaired) electrons. The molecule has 2 aromatic rings. The molecule has 2 unspecified atom stereocenters. The van der Waals surface area contributed by atoms with Gasteiger partial charge in [0, 0.05) is 12.0 Å². The van der Waals surface area contributed by atoms with Crippen LogP contribution in [-0.4, -0.2) is 28.1 Å². The van der Waals surface area contributed by atoms with Gasteiger partial charge in [0.15, 0.2) is 0 Å². The van der Waals surface area contributed by atoms with E-state index in [-0.39, 0.29) is 12.1 Å². The van der Waals surface area contributed by atoms with Crippen molar-refractivity contribution in [1.29, 1.82) is 0 Å². The van der Waals surface area contributed by atoms with Gasteiger partial charge in [0.1, 0.15) is 12.4 Å². The van der Waals surface area contributed by atoms with Crippen LogP contribution < -0.4 is 5.32 Å². The second-order valence-corrected chi connectivity index (χ2v) is 8.11. The molecule has 2 atom stereocenters. The number of amides is 1. The number of hydrogen-bond acceptors (Lipinski definition) is 4. The lowest BCUT2D eigenvalue weighted by Crippen LogP contribution is -2.27.